The second kappa shape index (κ2) is 3.76. The molecule has 0 atom stereocenters. The van der Waals surface area contributed by atoms with Crippen LogP contribution in [-0.4, -0.2) is 12.8 Å². The van der Waals surface area contributed by atoms with Crippen LogP contribution >= 0.6 is 0 Å². The van der Waals surface area contributed by atoms with E-state index >= 15 is 0 Å². The molecule has 1 rings (SSSR count). The molecule has 11 heavy (non-hydrogen) atoms. The van der Waals surface area contributed by atoms with E-state index in [9.17, 15) is 0 Å². The molecular formula is C9H10NO. The molecule has 0 amide bonds. The van der Waals surface area contributed by atoms with E-state index in [0.717, 1.165) is 11.3 Å². The summed E-state index contributed by atoms with van der Waals surface area (Å²) in [6, 6.07) is 10.6. The van der Waals surface area contributed by atoms with Crippen molar-refractivity contribution in [2.45, 2.75) is 6.92 Å². The molecule has 0 aromatic heterocycles. The molecule has 2 nitrogen and oxygen atoms in total. The number of benzene rings is 1. The smallest absolute Gasteiger partial charge is 0.106 e. The van der Waals surface area contributed by atoms with Gasteiger partial charge in [0.15, 0.2) is 0 Å². The molecule has 0 aliphatic carbocycles. The van der Waals surface area contributed by atoms with Gasteiger partial charge in [0.2, 0.25) is 0 Å². The largest absolute Gasteiger partial charge is 0.399 e. The molecule has 0 unspecified atom stereocenters. The minimum absolute atomic E-state index is 0.865. The lowest BCUT2D eigenvalue weighted by molar-refractivity contribution is 0.213. The van der Waals surface area contributed by atoms with Gasteiger partial charge >= 0.3 is 0 Å². The number of oxime groups is 1. The van der Waals surface area contributed by atoms with E-state index in [-0.39, 0.29) is 0 Å². The van der Waals surface area contributed by atoms with Gasteiger partial charge in [-0.05, 0) is 24.6 Å². The Labute approximate surface area is 66.5 Å². The highest BCUT2D eigenvalue weighted by atomic mass is 16.6. The van der Waals surface area contributed by atoms with Gasteiger partial charge in [-0.15, -0.1) is 0 Å². The van der Waals surface area contributed by atoms with Crippen LogP contribution in [-0.2, 0) is 4.84 Å². The van der Waals surface area contributed by atoms with Gasteiger partial charge in [0.05, 0.1) is 5.71 Å². The van der Waals surface area contributed by atoms with Gasteiger partial charge in [0.25, 0.3) is 0 Å². The summed E-state index contributed by atoms with van der Waals surface area (Å²) >= 11 is 0. The maximum absolute atomic E-state index is 4.63. The Morgan fingerprint density at radius 2 is 2.45 bits per heavy atom. The molecular weight excluding hydrogens is 138 g/mol. The van der Waals surface area contributed by atoms with Crippen LogP contribution in [0.3, 0.4) is 0 Å². The molecule has 0 heterocycles. The van der Waals surface area contributed by atoms with Gasteiger partial charge in [-0.3, -0.25) is 0 Å². The molecule has 0 bridgehead atoms. The third kappa shape index (κ3) is 2.08. The third-order valence-corrected chi connectivity index (χ3v) is 1.35. The summed E-state index contributed by atoms with van der Waals surface area (Å²) in [5.74, 6) is 0. The quantitative estimate of drug-likeness (QED) is 0.463. The van der Waals surface area contributed by atoms with Crippen molar-refractivity contribution in [2.24, 2.45) is 5.16 Å². The lowest BCUT2D eigenvalue weighted by Crippen LogP contribution is -1.93. The number of hydrogen-bond donors (Lipinski definition) is 0. The average molecular weight is 148 g/mol. The molecule has 0 N–H and O–H groups in total. The van der Waals surface area contributed by atoms with E-state index in [2.05, 4.69) is 16.1 Å². The minimum atomic E-state index is 0.865. The lowest BCUT2D eigenvalue weighted by atomic mass is 10.1. The normalized spacial score (nSPS) is 11.3. The highest BCUT2D eigenvalue weighted by Crippen LogP contribution is 1.99. The average Bonchev–Trinajstić information content (AvgIpc) is 2.07. The Morgan fingerprint density at radius 1 is 1.64 bits per heavy atom. The Balaban J connectivity index is 2.85. The van der Waals surface area contributed by atoms with Crippen LogP contribution in [0.2, 0.25) is 0 Å². The first-order valence-corrected chi connectivity index (χ1v) is 3.39. The van der Waals surface area contributed by atoms with E-state index in [1.807, 2.05) is 31.2 Å². The summed E-state index contributed by atoms with van der Waals surface area (Å²) in [6.07, 6.45) is 0. The highest BCUT2D eigenvalue weighted by Gasteiger charge is 1.93. The zero-order valence-corrected chi connectivity index (χ0v) is 6.66. The summed E-state index contributed by atoms with van der Waals surface area (Å²) in [5, 5.41) is 3.79. The van der Waals surface area contributed by atoms with Gasteiger partial charge in [0.1, 0.15) is 7.11 Å². The van der Waals surface area contributed by atoms with Crippen molar-refractivity contribution in [1.82, 2.24) is 0 Å². The van der Waals surface area contributed by atoms with Crippen LogP contribution in [0.25, 0.3) is 0 Å². The highest BCUT2D eigenvalue weighted by molar-refractivity contribution is 5.98. The maximum Gasteiger partial charge on any atom is 0.106 e. The van der Waals surface area contributed by atoms with Crippen molar-refractivity contribution in [3.63, 3.8) is 0 Å². The molecule has 0 saturated heterocycles. The van der Waals surface area contributed by atoms with Gasteiger partial charge < -0.3 is 4.84 Å². The summed E-state index contributed by atoms with van der Waals surface area (Å²) in [4.78, 5) is 4.63. The first kappa shape index (κ1) is 7.79. The Bertz CT molecular complexity index is 241. The standard InChI is InChI=1S/C9H10NO/c1-8(10-11-2)9-6-4-3-5-7-9/h3-4,6-7H,1-2H3/b10-8+. The molecule has 1 aromatic rings. The Kier molecular flexibility index (Phi) is 2.66. The van der Waals surface area contributed by atoms with Crippen molar-refractivity contribution in [3.8, 4) is 0 Å². The van der Waals surface area contributed by atoms with Gasteiger partial charge in [-0.2, -0.15) is 0 Å². The van der Waals surface area contributed by atoms with Crippen LogP contribution in [0.4, 0.5) is 0 Å². The van der Waals surface area contributed by atoms with E-state index in [0.29, 0.717) is 0 Å². The summed E-state index contributed by atoms with van der Waals surface area (Å²) in [7, 11) is 1.54. The Hall–Kier alpha value is -1.31. The maximum atomic E-state index is 4.63. The van der Waals surface area contributed by atoms with Crippen molar-refractivity contribution < 1.29 is 4.84 Å². The van der Waals surface area contributed by atoms with Crippen molar-refractivity contribution in [1.29, 1.82) is 0 Å². The molecule has 1 aromatic carbocycles. The van der Waals surface area contributed by atoms with Crippen molar-refractivity contribution >= 4 is 5.71 Å². The van der Waals surface area contributed by atoms with E-state index in [1.54, 1.807) is 0 Å². The summed E-state index contributed by atoms with van der Waals surface area (Å²) in [6.45, 7) is 1.90. The van der Waals surface area contributed by atoms with Crippen molar-refractivity contribution in [3.05, 3.63) is 35.9 Å². The van der Waals surface area contributed by atoms with Gasteiger partial charge in [-0.25, -0.2) is 0 Å². The minimum Gasteiger partial charge on any atom is -0.399 e. The van der Waals surface area contributed by atoms with E-state index in [4.69, 9.17) is 0 Å². The molecule has 57 valence electrons. The predicted octanol–water partition coefficient (Wildman–Crippen LogP) is 1.86. The lowest BCUT2D eigenvalue weighted by Gasteiger charge is -1.96. The fourth-order valence-corrected chi connectivity index (χ4v) is 0.808. The summed E-state index contributed by atoms with van der Waals surface area (Å²) in [5.41, 5.74) is 1.90. The topological polar surface area (TPSA) is 21.6 Å². The van der Waals surface area contributed by atoms with Gasteiger partial charge in [0, 0.05) is 0 Å². The van der Waals surface area contributed by atoms with Crippen LogP contribution in [0.15, 0.2) is 29.4 Å². The molecule has 0 saturated carbocycles. The van der Waals surface area contributed by atoms with E-state index < -0.39 is 0 Å². The zero-order valence-electron chi connectivity index (χ0n) is 6.66. The molecule has 0 spiro atoms. The second-order valence-electron chi connectivity index (χ2n) is 2.15. The Morgan fingerprint density at radius 3 is 3.00 bits per heavy atom. The fourth-order valence-electron chi connectivity index (χ4n) is 0.808. The summed E-state index contributed by atoms with van der Waals surface area (Å²) < 4.78 is 0. The van der Waals surface area contributed by atoms with Crippen LogP contribution < -0.4 is 0 Å². The molecule has 0 fully saturated rings. The first-order valence-electron chi connectivity index (χ1n) is 3.39. The number of rotatable bonds is 2. The number of hydrogen-bond acceptors (Lipinski definition) is 2. The van der Waals surface area contributed by atoms with Crippen LogP contribution in [0.5, 0.6) is 0 Å². The molecule has 2 heteroatoms. The SMILES string of the molecule is CO/N=C(\C)c1c[c]ccc1. The monoisotopic (exact) mass is 148 g/mol. The molecule has 1 radical (unpaired) electrons. The molecule has 0 aliphatic heterocycles. The third-order valence-electron chi connectivity index (χ3n) is 1.35. The first-order chi connectivity index (χ1) is 5.34. The van der Waals surface area contributed by atoms with Crippen LogP contribution in [0, 0.1) is 6.07 Å². The van der Waals surface area contributed by atoms with E-state index in [1.165, 1.54) is 7.11 Å². The fraction of sp³-hybridized carbons (Fsp3) is 0.222. The van der Waals surface area contributed by atoms with Crippen LogP contribution in [0.1, 0.15) is 12.5 Å². The van der Waals surface area contributed by atoms with Crippen molar-refractivity contribution in [2.75, 3.05) is 7.11 Å². The predicted molar refractivity (Wildman–Crippen MR) is 44.5 cm³/mol. The zero-order chi connectivity index (χ0) is 8.10. The second-order valence-corrected chi connectivity index (χ2v) is 2.15. The number of nitrogens with zero attached hydrogens (tertiary/aromatic N) is 1. The molecule has 0 aliphatic rings. The van der Waals surface area contributed by atoms with Gasteiger partial charge in [-0.1, -0.05) is 23.4 Å².